The topological polar surface area (TPSA) is 26.0 Å². The Kier molecular flexibility index (Phi) is 4.12. The Labute approximate surface area is 107 Å². The second kappa shape index (κ2) is 5.39. The van der Waals surface area contributed by atoms with Gasteiger partial charge < -0.3 is 5.73 Å². The predicted molar refractivity (Wildman–Crippen MR) is 70.1 cm³/mol. The SMILES string of the molecule is NCCC(Cc1ccc(Cl)cc1Cl)C1CC1. The molecule has 1 fully saturated rings. The van der Waals surface area contributed by atoms with Crippen LogP contribution >= 0.6 is 23.2 Å². The normalized spacial score (nSPS) is 17.4. The molecule has 2 rings (SSSR count). The van der Waals surface area contributed by atoms with Crippen LogP contribution in [0.2, 0.25) is 10.0 Å². The fourth-order valence-corrected chi connectivity index (χ4v) is 2.74. The van der Waals surface area contributed by atoms with E-state index in [9.17, 15) is 0 Å². The molecule has 0 radical (unpaired) electrons. The third-order valence-electron chi connectivity index (χ3n) is 3.32. The zero-order valence-corrected chi connectivity index (χ0v) is 10.8. The van der Waals surface area contributed by atoms with Crippen LogP contribution in [-0.2, 0) is 6.42 Å². The van der Waals surface area contributed by atoms with Crippen LogP contribution in [0.3, 0.4) is 0 Å². The lowest BCUT2D eigenvalue weighted by Crippen LogP contribution is -2.13. The Morgan fingerprint density at radius 3 is 2.62 bits per heavy atom. The van der Waals surface area contributed by atoms with Crippen molar-refractivity contribution in [2.24, 2.45) is 17.6 Å². The summed E-state index contributed by atoms with van der Waals surface area (Å²) in [6.07, 6.45) is 4.85. The number of hydrogen-bond donors (Lipinski definition) is 1. The average molecular weight is 258 g/mol. The van der Waals surface area contributed by atoms with Crippen LogP contribution in [-0.4, -0.2) is 6.54 Å². The molecule has 0 saturated heterocycles. The lowest BCUT2D eigenvalue weighted by Gasteiger charge is -2.16. The van der Waals surface area contributed by atoms with Gasteiger partial charge in [-0.15, -0.1) is 0 Å². The fourth-order valence-electron chi connectivity index (χ4n) is 2.26. The van der Waals surface area contributed by atoms with Crippen LogP contribution in [0.4, 0.5) is 0 Å². The quantitative estimate of drug-likeness (QED) is 0.851. The molecule has 0 spiro atoms. The van der Waals surface area contributed by atoms with Crippen molar-refractivity contribution in [2.45, 2.75) is 25.7 Å². The summed E-state index contributed by atoms with van der Waals surface area (Å²) in [5.41, 5.74) is 6.86. The fraction of sp³-hybridized carbons (Fsp3) is 0.538. The molecule has 1 unspecified atom stereocenters. The molecule has 88 valence electrons. The molecular formula is C13H17Cl2N. The lowest BCUT2D eigenvalue weighted by atomic mass is 9.92. The van der Waals surface area contributed by atoms with Crippen LogP contribution in [0.5, 0.6) is 0 Å². The highest BCUT2D eigenvalue weighted by Gasteiger charge is 2.30. The monoisotopic (exact) mass is 257 g/mol. The van der Waals surface area contributed by atoms with Gasteiger partial charge in [-0.05, 0) is 61.8 Å². The van der Waals surface area contributed by atoms with Crippen LogP contribution in [0, 0.1) is 11.8 Å². The molecular weight excluding hydrogens is 241 g/mol. The van der Waals surface area contributed by atoms with Gasteiger partial charge in [-0.1, -0.05) is 29.3 Å². The highest BCUT2D eigenvalue weighted by Crippen LogP contribution is 2.40. The lowest BCUT2D eigenvalue weighted by molar-refractivity contribution is 0.432. The molecule has 0 heterocycles. The van der Waals surface area contributed by atoms with E-state index in [1.807, 2.05) is 18.2 Å². The number of halogens is 2. The van der Waals surface area contributed by atoms with Crippen molar-refractivity contribution in [2.75, 3.05) is 6.54 Å². The van der Waals surface area contributed by atoms with E-state index in [0.29, 0.717) is 10.9 Å². The smallest absolute Gasteiger partial charge is 0.0452 e. The molecule has 1 aliphatic rings. The first kappa shape index (κ1) is 12.2. The van der Waals surface area contributed by atoms with Gasteiger partial charge >= 0.3 is 0 Å². The zero-order chi connectivity index (χ0) is 11.5. The molecule has 16 heavy (non-hydrogen) atoms. The Morgan fingerprint density at radius 1 is 1.31 bits per heavy atom. The summed E-state index contributed by atoms with van der Waals surface area (Å²) in [5.74, 6) is 1.57. The van der Waals surface area contributed by atoms with E-state index >= 15 is 0 Å². The Balaban J connectivity index is 2.05. The number of nitrogens with two attached hydrogens (primary N) is 1. The molecule has 1 saturated carbocycles. The Morgan fingerprint density at radius 2 is 2.06 bits per heavy atom. The van der Waals surface area contributed by atoms with Gasteiger partial charge in [0.1, 0.15) is 0 Å². The standard InChI is InChI=1S/C13H17Cl2N/c14-12-4-3-11(13(15)8-12)7-10(5-6-16)9-1-2-9/h3-4,8-10H,1-2,5-7,16H2. The first-order chi connectivity index (χ1) is 7.70. The Hall–Kier alpha value is -0.240. The van der Waals surface area contributed by atoms with Crippen LogP contribution in [0.25, 0.3) is 0 Å². The van der Waals surface area contributed by atoms with E-state index in [0.717, 1.165) is 30.3 Å². The molecule has 0 aromatic heterocycles. The highest BCUT2D eigenvalue weighted by atomic mass is 35.5. The van der Waals surface area contributed by atoms with Gasteiger partial charge in [-0.2, -0.15) is 0 Å². The first-order valence-corrected chi connectivity index (χ1v) is 6.60. The summed E-state index contributed by atoms with van der Waals surface area (Å²) in [4.78, 5) is 0. The Bertz CT molecular complexity index is 361. The van der Waals surface area contributed by atoms with Crippen LogP contribution < -0.4 is 5.73 Å². The van der Waals surface area contributed by atoms with Gasteiger partial charge in [0, 0.05) is 10.0 Å². The predicted octanol–water partition coefficient (Wildman–Crippen LogP) is 3.91. The van der Waals surface area contributed by atoms with Crippen LogP contribution in [0.1, 0.15) is 24.8 Å². The van der Waals surface area contributed by atoms with Crippen molar-refractivity contribution in [3.8, 4) is 0 Å². The third-order valence-corrected chi connectivity index (χ3v) is 3.91. The van der Waals surface area contributed by atoms with Gasteiger partial charge in [0.2, 0.25) is 0 Å². The maximum absolute atomic E-state index is 6.18. The maximum Gasteiger partial charge on any atom is 0.0452 e. The van der Waals surface area contributed by atoms with Crippen molar-refractivity contribution in [3.05, 3.63) is 33.8 Å². The van der Waals surface area contributed by atoms with E-state index in [-0.39, 0.29) is 0 Å². The van der Waals surface area contributed by atoms with Crippen molar-refractivity contribution < 1.29 is 0 Å². The summed E-state index contributed by atoms with van der Waals surface area (Å²) >= 11 is 12.1. The van der Waals surface area contributed by atoms with E-state index in [2.05, 4.69) is 0 Å². The summed E-state index contributed by atoms with van der Waals surface area (Å²) in [5, 5.41) is 1.49. The minimum atomic E-state index is 0.698. The van der Waals surface area contributed by atoms with E-state index in [1.54, 1.807) is 0 Å². The molecule has 0 aliphatic heterocycles. The number of benzene rings is 1. The summed E-state index contributed by atoms with van der Waals surface area (Å²) in [7, 11) is 0. The molecule has 2 N–H and O–H groups in total. The van der Waals surface area contributed by atoms with Gasteiger partial charge in [0.25, 0.3) is 0 Å². The number of hydrogen-bond acceptors (Lipinski definition) is 1. The minimum Gasteiger partial charge on any atom is -0.330 e. The molecule has 0 bridgehead atoms. The molecule has 0 amide bonds. The minimum absolute atomic E-state index is 0.698. The van der Waals surface area contributed by atoms with Crippen molar-refractivity contribution in [1.29, 1.82) is 0 Å². The second-order valence-corrected chi connectivity index (χ2v) is 5.46. The molecule has 1 aliphatic carbocycles. The van der Waals surface area contributed by atoms with Crippen molar-refractivity contribution >= 4 is 23.2 Å². The van der Waals surface area contributed by atoms with Gasteiger partial charge in [-0.25, -0.2) is 0 Å². The first-order valence-electron chi connectivity index (χ1n) is 5.84. The molecule has 3 heteroatoms. The van der Waals surface area contributed by atoms with Gasteiger partial charge in [-0.3, -0.25) is 0 Å². The largest absolute Gasteiger partial charge is 0.330 e. The van der Waals surface area contributed by atoms with Crippen molar-refractivity contribution in [1.82, 2.24) is 0 Å². The van der Waals surface area contributed by atoms with E-state index in [4.69, 9.17) is 28.9 Å². The molecule has 1 aromatic carbocycles. The summed E-state index contributed by atoms with van der Waals surface area (Å²) in [6.45, 7) is 0.770. The van der Waals surface area contributed by atoms with Gasteiger partial charge in [0.15, 0.2) is 0 Å². The third kappa shape index (κ3) is 3.13. The van der Waals surface area contributed by atoms with Crippen molar-refractivity contribution in [3.63, 3.8) is 0 Å². The summed E-state index contributed by atoms with van der Waals surface area (Å²) < 4.78 is 0. The summed E-state index contributed by atoms with van der Waals surface area (Å²) in [6, 6.07) is 5.77. The highest BCUT2D eigenvalue weighted by molar-refractivity contribution is 6.35. The molecule has 1 atom stereocenters. The average Bonchev–Trinajstić information content (AvgIpc) is 3.04. The van der Waals surface area contributed by atoms with E-state index < -0.39 is 0 Å². The molecule has 1 nitrogen and oxygen atoms in total. The van der Waals surface area contributed by atoms with E-state index in [1.165, 1.54) is 18.4 Å². The van der Waals surface area contributed by atoms with Crippen LogP contribution in [0.15, 0.2) is 18.2 Å². The second-order valence-electron chi connectivity index (χ2n) is 4.61. The zero-order valence-electron chi connectivity index (χ0n) is 9.26. The molecule has 1 aromatic rings. The number of rotatable bonds is 5. The van der Waals surface area contributed by atoms with Gasteiger partial charge in [0.05, 0.1) is 0 Å². The maximum atomic E-state index is 6.18.